The number of Topliss-reactive ketones (excluding diaryl/α,β-unsaturated/α-hetero) is 1. The number of H-pyrrole nitrogens is 1. The summed E-state index contributed by atoms with van der Waals surface area (Å²) in [6.45, 7) is 5.28. The van der Waals surface area contributed by atoms with Crippen molar-refractivity contribution in [2.75, 3.05) is 20.0 Å². The maximum Gasteiger partial charge on any atom is 0.337 e. The Balaban J connectivity index is 2.10. The largest absolute Gasteiger partial charge is 0.496 e. The first-order valence-corrected chi connectivity index (χ1v) is 10.4. The number of anilines is 1. The number of rotatable bonds is 7. The molecule has 0 bridgehead atoms. The Morgan fingerprint density at radius 2 is 1.79 bits per heavy atom. The van der Waals surface area contributed by atoms with Gasteiger partial charge < -0.3 is 24.9 Å². The van der Waals surface area contributed by atoms with Crippen LogP contribution in [0, 0.1) is 0 Å². The Bertz CT molecular complexity index is 1210. The van der Waals surface area contributed by atoms with Gasteiger partial charge in [-0.2, -0.15) is 0 Å². The smallest absolute Gasteiger partial charge is 0.337 e. The van der Waals surface area contributed by atoms with Gasteiger partial charge in [-0.15, -0.1) is 0 Å². The molecule has 0 aliphatic heterocycles. The lowest BCUT2D eigenvalue weighted by molar-refractivity contribution is -0.155. The van der Waals surface area contributed by atoms with Crippen molar-refractivity contribution in [2.45, 2.75) is 38.7 Å². The number of benzene rings is 2. The number of carbonyl (C=O) groups is 3. The molecule has 1 heterocycles. The van der Waals surface area contributed by atoms with E-state index in [1.165, 1.54) is 26.4 Å². The minimum absolute atomic E-state index is 0.209. The van der Waals surface area contributed by atoms with E-state index in [9.17, 15) is 14.4 Å². The molecule has 0 radical (unpaired) electrons. The zero-order chi connectivity index (χ0) is 24.3. The van der Waals surface area contributed by atoms with Crippen LogP contribution in [0.25, 0.3) is 10.9 Å². The van der Waals surface area contributed by atoms with Crippen molar-refractivity contribution in [3.8, 4) is 5.75 Å². The van der Waals surface area contributed by atoms with Gasteiger partial charge in [0.05, 0.1) is 32.1 Å². The summed E-state index contributed by atoms with van der Waals surface area (Å²) in [7, 11) is 2.71. The number of methoxy groups -OCH3 is 2. The van der Waals surface area contributed by atoms with E-state index in [4.69, 9.17) is 19.9 Å². The fourth-order valence-electron chi connectivity index (χ4n) is 3.67. The van der Waals surface area contributed by atoms with Gasteiger partial charge in [0.2, 0.25) is 0 Å². The molecule has 0 aliphatic rings. The minimum atomic E-state index is -0.915. The lowest BCUT2D eigenvalue weighted by atomic mass is 9.86. The number of fused-ring (bicyclic) bond motifs is 1. The number of esters is 2. The molecule has 2 aromatic carbocycles. The van der Waals surface area contributed by atoms with Gasteiger partial charge in [0.25, 0.3) is 0 Å². The summed E-state index contributed by atoms with van der Waals surface area (Å²) < 4.78 is 15.7. The van der Waals surface area contributed by atoms with Crippen LogP contribution in [-0.4, -0.2) is 42.5 Å². The molecule has 3 rings (SSSR count). The van der Waals surface area contributed by atoms with Crippen molar-refractivity contribution in [2.24, 2.45) is 0 Å². The van der Waals surface area contributed by atoms with Crippen molar-refractivity contribution in [1.29, 1.82) is 0 Å². The molecule has 1 unspecified atom stereocenters. The third kappa shape index (κ3) is 5.34. The highest BCUT2D eigenvalue weighted by Crippen LogP contribution is 2.35. The first-order chi connectivity index (χ1) is 15.5. The zero-order valence-electron chi connectivity index (χ0n) is 19.4. The fourth-order valence-corrected chi connectivity index (χ4v) is 3.67. The van der Waals surface area contributed by atoms with Gasteiger partial charge in [-0.05, 0) is 51.1 Å². The van der Waals surface area contributed by atoms with E-state index in [1.54, 1.807) is 51.2 Å². The number of hydrogen-bond donors (Lipinski definition) is 2. The Morgan fingerprint density at radius 1 is 1.06 bits per heavy atom. The predicted molar refractivity (Wildman–Crippen MR) is 125 cm³/mol. The zero-order valence-corrected chi connectivity index (χ0v) is 19.4. The number of aromatic nitrogens is 1. The summed E-state index contributed by atoms with van der Waals surface area (Å²) in [6.07, 6.45) is 1.39. The van der Waals surface area contributed by atoms with Crippen LogP contribution in [-0.2, 0) is 14.3 Å². The lowest BCUT2D eigenvalue weighted by Crippen LogP contribution is -2.27. The van der Waals surface area contributed by atoms with E-state index in [0.29, 0.717) is 28.0 Å². The summed E-state index contributed by atoms with van der Waals surface area (Å²) in [5, 5.41) is 0.652. The summed E-state index contributed by atoms with van der Waals surface area (Å²) in [6, 6.07) is 9.86. The molecule has 0 spiro atoms. The van der Waals surface area contributed by atoms with Crippen LogP contribution in [0.1, 0.15) is 59.4 Å². The van der Waals surface area contributed by atoms with Gasteiger partial charge in [0, 0.05) is 33.9 Å². The van der Waals surface area contributed by atoms with Crippen LogP contribution in [0.15, 0.2) is 42.6 Å². The quantitative estimate of drug-likeness (QED) is 0.312. The van der Waals surface area contributed by atoms with Crippen molar-refractivity contribution in [3.05, 3.63) is 59.3 Å². The molecule has 8 heteroatoms. The molecule has 3 aromatic rings. The molecule has 0 saturated carbocycles. The van der Waals surface area contributed by atoms with Crippen molar-refractivity contribution in [3.63, 3.8) is 0 Å². The standard InChI is InChI=1S/C25H28N2O6/c1-25(2,3)33-22(28)12-18(16-8-6-14(24(30)32-5)10-21(16)31-4)23(29)19-13-27-20-9-7-15(26)11-17(19)20/h6-11,13,18,27H,12,26H2,1-5H3. The molecule has 174 valence electrons. The molecular formula is C25H28N2O6. The van der Waals surface area contributed by atoms with Crippen LogP contribution in [0.5, 0.6) is 5.75 Å². The summed E-state index contributed by atoms with van der Waals surface area (Å²) in [5.41, 5.74) is 7.60. The second kappa shape index (κ2) is 9.36. The van der Waals surface area contributed by atoms with Gasteiger partial charge in [-0.25, -0.2) is 4.79 Å². The van der Waals surface area contributed by atoms with Gasteiger partial charge in [-0.3, -0.25) is 9.59 Å². The third-order valence-corrected chi connectivity index (χ3v) is 5.11. The number of nitrogens with two attached hydrogens (primary N) is 1. The molecule has 1 atom stereocenters. The van der Waals surface area contributed by atoms with E-state index < -0.39 is 23.5 Å². The van der Waals surface area contributed by atoms with Gasteiger partial charge in [0.1, 0.15) is 11.4 Å². The van der Waals surface area contributed by atoms with E-state index in [2.05, 4.69) is 4.98 Å². The van der Waals surface area contributed by atoms with Gasteiger partial charge >= 0.3 is 11.9 Å². The minimum Gasteiger partial charge on any atom is -0.496 e. The molecule has 33 heavy (non-hydrogen) atoms. The maximum atomic E-state index is 13.8. The first-order valence-electron chi connectivity index (χ1n) is 10.4. The van der Waals surface area contributed by atoms with Crippen LogP contribution in [0.3, 0.4) is 0 Å². The van der Waals surface area contributed by atoms with E-state index in [0.717, 1.165) is 5.52 Å². The van der Waals surface area contributed by atoms with Crippen molar-refractivity contribution < 1.29 is 28.6 Å². The summed E-state index contributed by atoms with van der Waals surface area (Å²) in [4.78, 5) is 41.5. The molecule has 0 saturated heterocycles. The highest BCUT2D eigenvalue weighted by Gasteiger charge is 2.31. The summed E-state index contributed by atoms with van der Waals surface area (Å²) in [5.74, 6) is -2.00. The van der Waals surface area contributed by atoms with Crippen LogP contribution in [0.2, 0.25) is 0 Å². The Labute approximate surface area is 192 Å². The molecule has 0 fully saturated rings. The normalized spacial score (nSPS) is 12.3. The number of hydrogen-bond acceptors (Lipinski definition) is 7. The topological polar surface area (TPSA) is 121 Å². The van der Waals surface area contributed by atoms with Crippen molar-refractivity contribution >= 4 is 34.3 Å². The fraction of sp³-hybridized carbons (Fsp3) is 0.320. The number of nitrogens with one attached hydrogen (secondary N) is 1. The highest BCUT2D eigenvalue weighted by molar-refractivity contribution is 6.12. The molecule has 8 nitrogen and oxygen atoms in total. The van der Waals surface area contributed by atoms with Crippen molar-refractivity contribution in [1.82, 2.24) is 4.98 Å². The van der Waals surface area contributed by atoms with E-state index in [1.807, 2.05) is 0 Å². The predicted octanol–water partition coefficient (Wildman–Crippen LogP) is 4.24. The molecule has 0 amide bonds. The van der Waals surface area contributed by atoms with Crippen LogP contribution < -0.4 is 10.5 Å². The average molecular weight is 453 g/mol. The lowest BCUT2D eigenvalue weighted by Gasteiger charge is -2.23. The Hall–Kier alpha value is -3.81. The second-order valence-corrected chi connectivity index (χ2v) is 8.66. The Kier molecular flexibility index (Phi) is 6.76. The second-order valence-electron chi connectivity index (χ2n) is 8.66. The monoisotopic (exact) mass is 452 g/mol. The molecule has 1 aromatic heterocycles. The Morgan fingerprint density at radius 3 is 2.42 bits per heavy atom. The number of aromatic amines is 1. The molecule has 3 N–H and O–H groups in total. The van der Waals surface area contributed by atoms with Gasteiger partial charge in [-0.1, -0.05) is 6.07 Å². The van der Waals surface area contributed by atoms with Gasteiger partial charge in [0.15, 0.2) is 5.78 Å². The highest BCUT2D eigenvalue weighted by atomic mass is 16.6. The number of ketones is 1. The summed E-state index contributed by atoms with van der Waals surface area (Å²) >= 11 is 0. The van der Waals surface area contributed by atoms with Crippen LogP contribution >= 0.6 is 0 Å². The number of ether oxygens (including phenoxy) is 3. The first kappa shape index (κ1) is 23.8. The van der Waals surface area contributed by atoms with E-state index in [-0.39, 0.29) is 17.8 Å². The molecular weight excluding hydrogens is 424 g/mol. The van der Waals surface area contributed by atoms with E-state index >= 15 is 0 Å². The molecule has 0 aliphatic carbocycles. The third-order valence-electron chi connectivity index (χ3n) is 5.11. The number of carbonyl (C=O) groups excluding carboxylic acids is 3. The average Bonchev–Trinajstić information content (AvgIpc) is 3.17. The van der Waals surface area contributed by atoms with Crippen LogP contribution in [0.4, 0.5) is 5.69 Å². The maximum absolute atomic E-state index is 13.8. The SMILES string of the molecule is COC(=O)c1ccc(C(CC(=O)OC(C)(C)C)C(=O)c2c[nH]c3ccc(N)cc23)c(OC)c1. The number of nitrogen functional groups attached to an aromatic ring is 1.